The van der Waals surface area contributed by atoms with Crippen molar-refractivity contribution in [1.29, 1.82) is 0 Å². The van der Waals surface area contributed by atoms with Gasteiger partial charge in [-0.3, -0.25) is 0 Å². The molecule has 1 fully saturated rings. The van der Waals surface area contributed by atoms with Gasteiger partial charge in [0.2, 0.25) is 0 Å². The van der Waals surface area contributed by atoms with Crippen molar-refractivity contribution in [2.75, 3.05) is 6.61 Å². The summed E-state index contributed by atoms with van der Waals surface area (Å²) in [6.07, 6.45) is -4.79. The van der Waals surface area contributed by atoms with Crippen LogP contribution in [0.2, 0.25) is 0 Å². The van der Waals surface area contributed by atoms with E-state index in [0.29, 0.717) is 0 Å². The molecule has 6 heteroatoms. The van der Waals surface area contributed by atoms with Gasteiger partial charge in [-0.05, 0) is 5.56 Å². The van der Waals surface area contributed by atoms with E-state index in [1.807, 2.05) is 30.3 Å². The minimum Gasteiger partial charge on any atom is -0.479 e. The summed E-state index contributed by atoms with van der Waals surface area (Å²) in [5, 5.41) is 28.4. The zero-order chi connectivity index (χ0) is 13.8. The van der Waals surface area contributed by atoms with Gasteiger partial charge in [0.1, 0.15) is 18.3 Å². The normalized spacial score (nSPS) is 31.1. The van der Waals surface area contributed by atoms with Gasteiger partial charge >= 0.3 is 5.97 Å². The Kier molecular flexibility index (Phi) is 4.49. The molecule has 2 unspecified atom stereocenters. The van der Waals surface area contributed by atoms with E-state index in [0.717, 1.165) is 5.56 Å². The fourth-order valence-electron chi connectivity index (χ4n) is 1.99. The molecule has 1 aliphatic heterocycles. The Hall–Kier alpha value is -1.47. The minimum absolute atomic E-state index is 0.173. The van der Waals surface area contributed by atoms with Crippen molar-refractivity contribution in [2.24, 2.45) is 0 Å². The number of benzene rings is 1. The molecule has 0 radical (unpaired) electrons. The van der Waals surface area contributed by atoms with E-state index in [-0.39, 0.29) is 13.2 Å². The second-order valence-electron chi connectivity index (χ2n) is 4.41. The number of aliphatic carboxylic acids is 1. The Morgan fingerprint density at radius 2 is 2.00 bits per heavy atom. The highest BCUT2D eigenvalue weighted by Gasteiger charge is 2.43. The quantitative estimate of drug-likeness (QED) is 0.698. The zero-order valence-electron chi connectivity index (χ0n) is 10.2. The van der Waals surface area contributed by atoms with Crippen LogP contribution in [0.15, 0.2) is 30.3 Å². The van der Waals surface area contributed by atoms with Crippen LogP contribution in [0.3, 0.4) is 0 Å². The molecule has 0 bridgehead atoms. The number of carboxylic acids is 1. The standard InChI is InChI=1S/C13H16O6/c14-9-7-19-12(13(16)17)10(15)11(9)18-6-8-4-2-1-3-5-8/h1-5,9-12,14-15H,6-7H2,(H,16,17)/t9?,10-,11-,12?/m1/s1. The van der Waals surface area contributed by atoms with Gasteiger partial charge in [0.15, 0.2) is 6.10 Å². The van der Waals surface area contributed by atoms with E-state index in [2.05, 4.69) is 0 Å². The fourth-order valence-corrected chi connectivity index (χ4v) is 1.99. The lowest BCUT2D eigenvalue weighted by Crippen LogP contribution is -2.56. The van der Waals surface area contributed by atoms with Crippen molar-refractivity contribution in [3.63, 3.8) is 0 Å². The maximum absolute atomic E-state index is 10.9. The van der Waals surface area contributed by atoms with Crippen molar-refractivity contribution >= 4 is 5.97 Å². The third-order valence-corrected chi connectivity index (χ3v) is 3.00. The average Bonchev–Trinajstić information content (AvgIpc) is 2.39. The van der Waals surface area contributed by atoms with Gasteiger partial charge in [-0.15, -0.1) is 0 Å². The van der Waals surface area contributed by atoms with Gasteiger partial charge < -0.3 is 24.8 Å². The van der Waals surface area contributed by atoms with Crippen LogP contribution in [0, 0.1) is 0 Å². The van der Waals surface area contributed by atoms with Gasteiger partial charge in [0.05, 0.1) is 13.2 Å². The van der Waals surface area contributed by atoms with Crippen molar-refractivity contribution in [1.82, 2.24) is 0 Å². The van der Waals surface area contributed by atoms with Crippen LogP contribution in [0.1, 0.15) is 5.56 Å². The molecule has 0 aliphatic carbocycles. The first-order valence-corrected chi connectivity index (χ1v) is 5.95. The molecule has 2 rings (SSSR count). The van der Waals surface area contributed by atoms with Crippen LogP contribution in [-0.2, 0) is 20.9 Å². The Morgan fingerprint density at radius 1 is 1.32 bits per heavy atom. The summed E-state index contributed by atoms with van der Waals surface area (Å²) in [5.41, 5.74) is 0.875. The number of ether oxygens (including phenoxy) is 2. The van der Waals surface area contributed by atoms with E-state index >= 15 is 0 Å². The van der Waals surface area contributed by atoms with E-state index < -0.39 is 30.4 Å². The number of carbonyl (C=O) groups is 1. The Balaban J connectivity index is 1.99. The molecular formula is C13H16O6. The summed E-state index contributed by atoms with van der Waals surface area (Å²) in [6.45, 7) is 0.0133. The lowest BCUT2D eigenvalue weighted by atomic mass is 10.00. The van der Waals surface area contributed by atoms with Crippen LogP contribution in [0.4, 0.5) is 0 Å². The number of rotatable bonds is 4. The molecule has 0 amide bonds. The van der Waals surface area contributed by atoms with E-state index in [1.54, 1.807) is 0 Å². The summed E-state index contributed by atoms with van der Waals surface area (Å²) < 4.78 is 10.3. The van der Waals surface area contributed by atoms with E-state index in [1.165, 1.54) is 0 Å². The number of aliphatic hydroxyl groups excluding tert-OH is 2. The maximum Gasteiger partial charge on any atom is 0.335 e. The third-order valence-electron chi connectivity index (χ3n) is 3.00. The molecule has 1 aromatic rings. The Bertz CT molecular complexity index is 420. The molecule has 1 saturated heterocycles. The molecule has 19 heavy (non-hydrogen) atoms. The van der Waals surface area contributed by atoms with Gasteiger partial charge in [-0.25, -0.2) is 4.79 Å². The number of aliphatic hydroxyl groups is 2. The molecule has 1 heterocycles. The smallest absolute Gasteiger partial charge is 0.335 e. The molecule has 0 aromatic heterocycles. The molecule has 0 spiro atoms. The molecule has 0 saturated carbocycles. The second-order valence-corrected chi connectivity index (χ2v) is 4.41. The van der Waals surface area contributed by atoms with Crippen molar-refractivity contribution in [3.05, 3.63) is 35.9 Å². The number of hydrogen-bond acceptors (Lipinski definition) is 5. The maximum atomic E-state index is 10.9. The summed E-state index contributed by atoms with van der Waals surface area (Å²) in [7, 11) is 0. The Labute approximate surface area is 110 Å². The Morgan fingerprint density at radius 3 is 2.63 bits per heavy atom. The summed E-state index contributed by atoms with van der Waals surface area (Å²) >= 11 is 0. The van der Waals surface area contributed by atoms with E-state index in [9.17, 15) is 15.0 Å². The first-order chi connectivity index (χ1) is 9.09. The molecule has 4 atom stereocenters. The van der Waals surface area contributed by atoms with Gasteiger partial charge in [0, 0.05) is 0 Å². The van der Waals surface area contributed by atoms with Gasteiger partial charge in [-0.1, -0.05) is 30.3 Å². The van der Waals surface area contributed by atoms with Crippen molar-refractivity contribution in [3.8, 4) is 0 Å². The number of carboxylic acid groups (broad SMARTS) is 1. The van der Waals surface area contributed by atoms with Gasteiger partial charge in [-0.2, -0.15) is 0 Å². The summed E-state index contributed by atoms with van der Waals surface area (Å²) in [4.78, 5) is 10.9. The molecule has 1 aromatic carbocycles. The molecule has 104 valence electrons. The van der Waals surface area contributed by atoms with Crippen molar-refractivity contribution < 1.29 is 29.6 Å². The van der Waals surface area contributed by atoms with Crippen LogP contribution in [-0.4, -0.2) is 52.3 Å². The topological polar surface area (TPSA) is 96.2 Å². The molecular weight excluding hydrogens is 252 g/mol. The fraction of sp³-hybridized carbons (Fsp3) is 0.462. The van der Waals surface area contributed by atoms with Crippen LogP contribution in [0.5, 0.6) is 0 Å². The average molecular weight is 268 g/mol. The van der Waals surface area contributed by atoms with Crippen molar-refractivity contribution in [2.45, 2.75) is 31.0 Å². The second kappa shape index (κ2) is 6.12. The number of hydrogen-bond donors (Lipinski definition) is 3. The summed E-state index contributed by atoms with van der Waals surface area (Å²) in [5.74, 6) is -1.27. The lowest BCUT2D eigenvalue weighted by molar-refractivity contribution is -0.215. The first kappa shape index (κ1) is 14.0. The third kappa shape index (κ3) is 3.30. The molecule has 3 N–H and O–H groups in total. The SMILES string of the molecule is O=C(O)C1OCC(O)[C@@H](OCc2ccccc2)[C@H]1O. The van der Waals surface area contributed by atoms with E-state index in [4.69, 9.17) is 14.6 Å². The molecule has 6 nitrogen and oxygen atoms in total. The highest BCUT2D eigenvalue weighted by atomic mass is 16.6. The molecule has 1 aliphatic rings. The minimum atomic E-state index is -1.40. The van der Waals surface area contributed by atoms with Crippen LogP contribution < -0.4 is 0 Å². The first-order valence-electron chi connectivity index (χ1n) is 5.95. The van der Waals surface area contributed by atoms with Gasteiger partial charge in [0.25, 0.3) is 0 Å². The highest BCUT2D eigenvalue weighted by molar-refractivity contribution is 5.73. The largest absolute Gasteiger partial charge is 0.479 e. The monoisotopic (exact) mass is 268 g/mol. The predicted octanol–water partition coefficient (Wildman–Crippen LogP) is -0.223. The lowest BCUT2D eigenvalue weighted by Gasteiger charge is -2.35. The highest BCUT2D eigenvalue weighted by Crippen LogP contribution is 2.20. The van der Waals surface area contributed by atoms with Crippen LogP contribution in [0.25, 0.3) is 0 Å². The summed E-state index contributed by atoms with van der Waals surface area (Å²) in [6, 6.07) is 9.23. The predicted molar refractivity (Wildman–Crippen MR) is 64.4 cm³/mol. The van der Waals surface area contributed by atoms with Crippen LogP contribution >= 0.6 is 0 Å². The zero-order valence-corrected chi connectivity index (χ0v) is 10.2.